The fourth-order valence-corrected chi connectivity index (χ4v) is 3.70. The zero-order valence-electron chi connectivity index (χ0n) is 14.1. The van der Waals surface area contributed by atoms with Crippen molar-refractivity contribution in [2.45, 2.75) is 51.5 Å². The second-order valence-corrected chi connectivity index (χ2v) is 6.84. The van der Waals surface area contributed by atoms with Gasteiger partial charge in [0.1, 0.15) is 5.82 Å². The number of likely N-dealkylation sites (tertiary alicyclic amines) is 1. The minimum atomic E-state index is -0.0891. The van der Waals surface area contributed by atoms with Crippen molar-refractivity contribution in [3.05, 3.63) is 47.4 Å². The highest BCUT2D eigenvalue weighted by atomic mass is 19.1. The number of hydrogen-bond acceptors (Lipinski definition) is 4. The van der Waals surface area contributed by atoms with Gasteiger partial charge in [0, 0.05) is 17.9 Å². The lowest BCUT2D eigenvalue weighted by Gasteiger charge is -2.36. The van der Waals surface area contributed by atoms with Crippen molar-refractivity contribution in [1.82, 2.24) is 15.0 Å². The van der Waals surface area contributed by atoms with E-state index in [0.717, 1.165) is 37.9 Å². The van der Waals surface area contributed by atoms with E-state index < -0.39 is 0 Å². The highest BCUT2D eigenvalue weighted by molar-refractivity contribution is 5.27. The summed E-state index contributed by atoms with van der Waals surface area (Å²) in [5.74, 6) is 1.52. The summed E-state index contributed by atoms with van der Waals surface area (Å²) in [5, 5.41) is 3.82. The predicted octanol–water partition coefficient (Wildman–Crippen LogP) is 3.72. The molecule has 4 nitrogen and oxygen atoms in total. The molecule has 1 atom stereocenters. The first-order valence-corrected chi connectivity index (χ1v) is 8.27. The van der Waals surface area contributed by atoms with Crippen molar-refractivity contribution in [1.29, 1.82) is 0 Å². The Bertz CT molecular complexity index is 668. The first kappa shape index (κ1) is 16.1. The molecular weight excluding hydrogens is 293 g/mol. The summed E-state index contributed by atoms with van der Waals surface area (Å²) >= 11 is 0. The highest BCUT2D eigenvalue weighted by Gasteiger charge is 2.42. The minimum absolute atomic E-state index is 0.0487. The van der Waals surface area contributed by atoms with Crippen LogP contribution in [-0.4, -0.2) is 33.7 Å². The second-order valence-electron chi connectivity index (χ2n) is 6.84. The highest BCUT2D eigenvalue weighted by Crippen LogP contribution is 2.42. The van der Waals surface area contributed by atoms with E-state index in [9.17, 15) is 4.39 Å². The average Bonchev–Trinajstić information content (AvgIpc) is 3.04. The topological polar surface area (TPSA) is 42.2 Å². The van der Waals surface area contributed by atoms with Crippen molar-refractivity contribution in [2.24, 2.45) is 0 Å². The molecule has 1 aliphatic rings. The van der Waals surface area contributed by atoms with Crippen LogP contribution < -0.4 is 0 Å². The van der Waals surface area contributed by atoms with Crippen LogP contribution in [0.4, 0.5) is 4.39 Å². The van der Waals surface area contributed by atoms with Gasteiger partial charge in [0.15, 0.2) is 5.82 Å². The molecule has 0 aliphatic carbocycles. The summed E-state index contributed by atoms with van der Waals surface area (Å²) in [4.78, 5) is 6.69. The molecule has 2 aromatic rings. The first-order valence-electron chi connectivity index (χ1n) is 8.27. The van der Waals surface area contributed by atoms with Gasteiger partial charge in [-0.25, -0.2) is 4.39 Å². The summed E-state index contributed by atoms with van der Waals surface area (Å²) in [6, 6.07) is 7.17. The second kappa shape index (κ2) is 6.40. The zero-order valence-corrected chi connectivity index (χ0v) is 14.1. The predicted molar refractivity (Wildman–Crippen MR) is 86.8 cm³/mol. The van der Waals surface area contributed by atoms with Crippen LogP contribution >= 0.6 is 0 Å². The molecule has 1 aromatic carbocycles. The van der Waals surface area contributed by atoms with Crippen LogP contribution in [0.5, 0.6) is 0 Å². The average molecular weight is 317 g/mol. The van der Waals surface area contributed by atoms with Crippen LogP contribution in [-0.2, 0) is 6.42 Å². The van der Waals surface area contributed by atoms with E-state index in [-0.39, 0.29) is 17.3 Å². The van der Waals surface area contributed by atoms with Crippen LogP contribution in [0.1, 0.15) is 49.9 Å². The number of halogens is 1. The standard InChI is InChI=1S/C18H24FN3O/c1-13-20-17(23-21-13)9-6-11-22-12-10-15(18(22,2)3)14-7-4-5-8-16(14)19/h4-5,7-8,15H,6,9-12H2,1-3H3. The quantitative estimate of drug-likeness (QED) is 0.843. The fourth-order valence-electron chi connectivity index (χ4n) is 3.70. The van der Waals surface area contributed by atoms with Crippen LogP contribution in [0.25, 0.3) is 0 Å². The largest absolute Gasteiger partial charge is 0.339 e. The summed E-state index contributed by atoms with van der Waals surface area (Å²) < 4.78 is 19.3. The van der Waals surface area contributed by atoms with Gasteiger partial charge in [0.05, 0.1) is 0 Å². The molecule has 2 heterocycles. The van der Waals surface area contributed by atoms with Crippen LogP contribution in [0.2, 0.25) is 0 Å². The number of aryl methyl sites for hydroxylation is 2. The van der Waals surface area contributed by atoms with Gasteiger partial charge in [0.2, 0.25) is 5.89 Å². The Morgan fingerprint density at radius 1 is 1.35 bits per heavy atom. The molecule has 3 rings (SSSR count). The Hall–Kier alpha value is -1.75. The van der Waals surface area contributed by atoms with Crippen molar-refractivity contribution in [3.63, 3.8) is 0 Å². The van der Waals surface area contributed by atoms with E-state index in [2.05, 4.69) is 28.9 Å². The molecule has 23 heavy (non-hydrogen) atoms. The van der Waals surface area contributed by atoms with E-state index in [4.69, 9.17) is 4.52 Å². The molecular formula is C18H24FN3O. The lowest BCUT2D eigenvalue weighted by molar-refractivity contribution is 0.157. The molecule has 0 spiro atoms. The third-order valence-corrected chi connectivity index (χ3v) is 5.02. The van der Waals surface area contributed by atoms with Gasteiger partial charge in [0.25, 0.3) is 0 Å². The molecule has 1 aromatic heterocycles. The van der Waals surface area contributed by atoms with Gasteiger partial charge in [-0.2, -0.15) is 4.98 Å². The molecule has 0 saturated carbocycles. The smallest absolute Gasteiger partial charge is 0.226 e. The van der Waals surface area contributed by atoms with Crippen molar-refractivity contribution in [3.8, 4) is 0 Å². The molecule has 1 fully saturated rings. The fraction of sp³-hybridized carbons (Fsp3) is 0.556. The van der Waals surface area contributed by atoms with Crippen LogP contribution in [0.15, 0.2) is 28.8 Å². The van der Waals surface area contributed by atoms with Gasteiger partial charge < -0.3 is 4.52 Å². The van der Waals surface area contributed by atoms with Crippen molar-refractivity contribution < 1.29 is 8.91 Å². The molecule has 124 valence electrons. The molecule has 5 heteroatoms. The molecule has 0 bridgehead atoms. The summed E-state index contributed by atoms with van der Waals surface area (Å²) in [7, 11) is 0. The van der Waals surface area contributed by atoms with Crippen LogP contribution in [0, 0.1) is 12.7 Å². The Labute approximate surface area is 136 Å². The molecule has 1 saturated heterocycles. The number of nitrogens with zero attached hydrogens (tertiary/aromatic N) is 3. The molecule has 0 N–H and O–H groups in total. The monoisotopic (exact) mass is 317 g/mol. The summed E-state index contributed by atoms with van der Waals surface area (Å²) in [6.07, 6.45) is 2.75. The van der Waals surface area contributed by atoms with Crippen molar-refractivity contribution in [2.75, 3.05) is 13.1 Å². The maximum absolute atomic E-state index is 14.1. The van der Waals surface area contributed by atoms with Crippen molar-refractivity contribution >= 4 is 0 Å². The lowest BCUT2D eigenvalue weighted by Crippen LogP contribution is -2.42. The zero-order chi connectivity index (χ0) is 16.4. The molecule has 0 amide bonds. The van der Waals surface area contributed by atoms with Gasteiger partial charge >= 0.3 is 0 Å². The third kappa shape index (κ3) is 3.29. The maximum atomic E-state index is 14.1. The molecule has 0 radical (unpaired) electrons. The Morgan fingerprint density at radius 3 is 2.83 bits per heavy atom. The number of rotatable bonds is 5. The van der Waals surface area contributed by atoms with Gasteiger partial charge in [-0.3, -0.25) is 4.90 Å². The lowest BCUT2D eigenvalue weighted by atomic mass is 9.82. The van der Waals surface area contributed by atoms with E-state index in [1.807, 2.05) is 19.1 Å². The maximum Gasteiger partial charge on any atom is 0.226 e. The first-order chi connectivity index (χ1) is 11.0. The third-order valence-electron chi connectivity index (χ3n) is 5.02. The number of hydrogen-bond donors (Lipinski definition) is 0. The van der Waals surface area contributed by atoms with Crippen LogP contribution in [0.3, 0.4) is 0 Å². The van der Waals surface area contributed by atoms with E-state index in [0.29, 0.717) is 11.7 Å². The Morgan fingerprint density at radius 2 is 2.13 bits per heavy atom. The van der Waals surface area contributed by atoms with Gasteiger partial charge in [-0.05, 0) is 58.3 Å². The van der Waals surface area contributed by atoms with E-state index in [1.165, 1.54) is 0 Å². The van der Waals surface area contributed by atoms with E-state index >= 15 is 0 Å². The summed E-state index contributed by atoms with van der Waals surface area (Å²) in [6.45, 7) is 8.21. The SMILES string of the molecule is Cc1noc(CCCN2CCC(c3ccccc3F)C2(C)C)n1. The normalized spacial score (nSPS) is 21.0. The van der Waals surface area contributed by atoms with Gasteiger partial charge in [-0.1, -0.05) is 23.4 Å². The van der Waals surface area contributed by atoms with Gasteiger partial charge in [-0.15, -0.1) is 0 Å². The molecule has 1 unspecified atom stereocenters. The summed E-state index contributed by atoms with van der Waals surface area (Å²) in [5.41, 5.74) is 0.792. The molecule has 1 aliphatic heterocycles. The number of benzene rings is 1. The Balaban J connectivity index is 1.62. The van der Waals surface area contributed by atoms with E-state index in [1.54, 1.807) is 12.1 Å². The Kier molecular flexibility index (Phi) is 4.48. The minimum Gasteiger partial charge on any atom is -0.339 e. The number of aromatic nitrogens is 2.